The molecule has 214 valence electrons. The molecule has 2 N–H and O–H groups in total. The molecule has 1 aliphatic rings. The van der Waals surface area contributed by atoms with Gasteiger partial charge in [0.2, 0.25) is 5.91 Å². The largest absolute Gasteiger partial charge is 0.465 e. The molecule has 0 saturated carbocycles. The highest BCUT2D eigenvalue weighted by Crippen LogP contribution is 2.22. The number of piperazine rings is 1. The second-order valence-corrected chi connectivity index (χ2v) is 11.8. The molecule has 1 aliphatic heterocycles. The summed E-state index contributed by atoms with van der Waals surface area (Å²) in [6.07, 6.45) is -0.596. The van der Waals surface area contributed by atoms with E-state index in [1.165, 1.54) is 4.90 Å². The molecular weight excluding hydrogens is 536 g/mol. The number of nitrogens with one attached hydrogen (secondary N) is 1. The molecule has 10 nitrogen and oxygen atoms in total. The Hall–Kier alpha value is -3.63. The van der Waals surface area contributed by atoms with E-state index >= 15 is 0 Å². The fourth-order valence-corrected chi connectivity index (χ4v) is 5.05. The smallest absolute Gasteiger partial charge is 0.417 e. The van der Waals surface area contributed by atoms with Crippen LogP contribution in [0.1, 0.15) is 43.1 Å². The first-order valence-electron chi connectivity index (χ1n) is 13.3. The van der Waals surface area contributed by atoms with Crippen molar-refractivity contribution in [3.63, 3.8) is 0 Å². The van der Waals surface area contributed by atoms with Gasteiger partial charge in [-0.1, -0.05) is 44.5 Å². The maximum Gasteiger partial charge on any atom is 0.417 e. The molecule has 2 heterocycles. The van der Waals surface area contributed by atoms with Crippen molar-refractivity contribution < 1.29 is 23.9 Å². The minimum atomic E-state index is -1.13. The molecule has 0 aliphatic carbocycles. The van der Waals surface area contributed by atoms with Crippen molar-refractivity contribution in [1.29, 1.82) is 0 Å². The number of aromatic nitrogens is 1. The van der Waals surface area contributed by atoms with Crippen LogP contribution in [0, 0.1) is 5.41 Å². The van der Waals surface area contributed by atoms with E-state index in [0.29, 0.717) is 54.4 Å². The Kier molecular flexibility index (Phi) is 9.00. The molecule has 1 fully saturated rings. The van der Waals surface area contributed by atoms with Gasteiger partial charge in [-0.15, -0.1) is 0 Å². The fourth-order valence-electron chi connectivity index (χ4n) is 4.92. The van der Waals surface area contributed by atoms with Crippen molar-refractivity contribution in [3.05, 3.63) is 69.2 Å². The zero-order valence-electron chi connectivity index (χ0n) is 23.0. The summed E-state index contributed by atoms with van der Waals surface area (Å²) in [4.78, 5) is 57.9. The Morgan fingerprint density at radius 1 is 1.07 bits per heavy atom. The SMILES string of the molecule is CC(C)(C)CN(C(=O)O)[C@H](Cc1ccc(Cl)cc1)C(=O)N1CCN(CCC(=O)c2ccc3[nH]c(=O)oc3c2)CC1. The third-order valence-electron chi connectivity index (χ3n) is 6.98. The highest BCUT2D eigenvalue weighted by molar-refractivity contribution is 6.30. The molecule has 4 rings (SSSR count). The molecule has 3 aromatic rings. The number of Topliss-reactive ketones (excluding diaryl/α,β-unsaturated/α-hetero) is 1. The lowest BCUT2D eigenvalue weighted by atomic mass is 9.94. The molecule has 0 radical (unpaired) electrons. The van der Waals surface area contributed by atoms with E-state index < -0.39 is 17.9 Å². The van der Waals surface area contributed by atoms with Crippen LogP contribution in [0.15, 0.2) is 51.7 Å². The highest BCUT2D eigenvalue weighted by atomic mass is 35.5. The summed E-state index contributed by atoms with van der Waals surface area (Å²) in [7, 11) is 0. The molecular formula is C29H35ClN4O6. The van der Waals surface area contributed by atoms with Crippen LogP contribution in [0.3, 0.4) is 0 Å². The first-order chi connectivity index (χ1) is 18.9. The average molecular weight is 571 g/mol. The van der Waals surface area contributed by atoms with Gasteiger partial charge in [0.15, 0.2) is 11.4 Å². The standard InChI is InChI=1S/C29H35ClN4O6/c1-29(2,3)18-34(28(38)39)23(16-19-4-7-21(30)8-5-19)26(36)33-14-12-32(13-15-33)11-10-24(35)20-6-9-22-25(17-20)40-27(37)31-22/h4-9,17,23H,10-16,18H2,1-3H3,(H,31,37)(H,38,39)/t23-/m1/s1. The van der Waals surface area contributed by atoms with E-state index in [4.69, 9.17) is 16.0 Å². The lowest BCUT2D eigenvalue weighted by Gasteiger charge is -2.40. The lowest BCUT2D eigenvalue weighted by molar-refractivity contribution is -0.138. The third kappa shape index (κ3) is 7.51. The number of halogens is 1. The number of oxazole rings is 1. The van der Waals surface area contributed by atoms with E-state index in [9.17, 15) is 24.3 Å². The summed E-state index contributed by atoms with van der Waals surface area (Å²) in [5.74, 6) is -0.850. The van der Waals surface area contributed by atoms with Crippen LogP contribution in [0.2, 0.25) is 5.02 Å². The van der Waals surface area contributed by atoms with Crippen molar-refractivity contribution in [2.45, 2.75) is 39.7 Å². The lowest BCUT2D eigenvalue weighted by Crippen LogP contribution is -2.57. The van der Waals surface area contributed by atoms with Gasteiger partial charge in [0.25, 0.3) is 0 Å². The van der Waals surface area contributed by atoms with Gasteiger partial charge in [-0.25, -0.2) is 9.59 Å². The second-order valence-electron chi connectivity index (χ2n) is 11.4. The molecule has 11 heteroatoms. The van der Waals surface area contributed by atoms with Gasteiger partial charge < -0.3 is 14.4 Å². The van der Waals surface area contributed by atoms with Crippen LogP contribution < -0.4 is 5.76 Å². The number of amides is 2. The number of carboxylic acid groups (broad SMARTS) is 1. The Morgan fingerprint density at radius 2 is 1.75 bits per heavy atom. The number of aromatic amines is 1. The summed E-state index contributed by atoms with van der Waals surface area (Å²) in [5.41, 5.74) is 1.86. The van der Waals surface area contributed by atoms with Crippen molar-refractivity contribution in [1.82, 2.24) is 19.7 Å². The topological polar surface area (TPSA) is 127 Å². The molecule has 0 spiro atoms. The van der Waals surface area contributed by atoms with Crippen molar-refractivity contribution in [2.75, 3.05) is 39.3 Å². The Morgan fingerprint density at radius 3 is 2.38 bits per heavy atom. The van der Waals surface area contributed by atoms with Gasteiger partial charge in [-0.2, -0.15) is 0 Å². The van der Waals surface area contributed by atoms with Crippen molar-refractivity contribution >= 4 is 40.5 Å². The third-order valence-corrected chi connectivity index (χ3v) is 7.23. The number of carbonyl (C=O) groups excluding carboxylic acids is 2. The molecule has 2 amide bonds. The zero-order chi connectivity index (χ0) is 29.0. The number of benzene rings is 2. The molecule has 1 aromatic heterocycles. The molecule has 0 bridgehead atoms. The Bertz CT molecular complexity index is 1420. The molecule has 40 heavy (non-hydrogen) atoms. The van der Waals surface area contributed by atoms with Crippen molar-refractivity contribution in [3.8, 4) is 0 Å². The average Bonchev–Trinajstić information content (AvgIpc) is 3.28. The number of nitrogens with zero attached hydrogens (tertiary/aromatic N) is 3. The number of H-pyrrole nitrogens is 1. The predicted octanol–water partition coefficient (Wildman–Crippen LogP) is 4.13. The fraction of sp³-hybridized carbons (Fsp3) is 0.448. The van der Waals surface area contributed by atoms with E-state index in [2.05, 4.69) is 9.88 Å². The number of rotatable bonds is 9. The van der Waals surface area contributed by atoms with Crippen LogP contribution in [0.5, 0.6) is 0 Å². The molecule has 2 aromatic carbocycles. The first kappa shape index (κ1) is 29.4. The predicted molar refractivity (Wildman–Crippen MR) is 152 cm³/mol. The van der Waals surface area contributed by atoms with Gasteiger partial charge in [0.1, 0.15) is 6.04 Å². The first-order valence-corrected chi connectivity index (χ1v) is 13.7. The van der Waals surface area contributed by atoms with Crippen molar-refractivity contribution in [2.24, 2.45) is 5.41 Å². The number of hydrogen-bond donors (Lipinski definition) is 2. The molecule has 1 saturated heterocycles. The number of carbonyl (C=O) groups is 3. The summed E-state index contributed by atoms with van der Waals surface area (Å²) in [5, 5.41) is 10.6. The zero-order valence-corrected chi connectivity index (χ0v) is 23.7. The minimum Gasteiger partial charge on any atom is -0.465 e. The van der Waals surface area contributed by atoms with Gasteiger partial charge in [0, 0.05) is 62.7 Å². The monoisotopic (exact) mass is 570 g/mol. The Labute approximate surface area is 237 Å². The van der Waals surface area contributed by atoms with Gasteiger partial charge >= 0.3 is 11.8 Å². The van der Waals surface area contributed by atoms with Crippen LogP contribution >= 0.6 is 11.6 Å². The highest BCUT2D eigenvalue weighted by Gasteiger charge is 2.36. The summed E-state index contributed by atoms with van der Waals surface area (Å²) in [6.45, 7) is 8.59. The molecule has 1 atom stereocenters. The minimum absolute atomic E-state index is 0.0634. The summed E-state index contributed by atoms with van der Waals surface area (Å²) >= 11 is 6.03. The van der Waals surface area contributed by atoms with Gasteiger partial charge in [0.05, 0.1) is 5.52 Å². The second kappa shape index (κ2) is 12.3. The number of ketones is 1. The van der Waals surface area contributed by atoms with Crippen LogP contribution in [-0.2, 0) is 11.2 Å². The quantitative estimate of drug-likeness (QED) is 0.370. The van der Waals surface area contributed by atoms with E-state index in [1.54, 1.807) is 35.2 Å². The summed E-state index contributed by atoms with van der Waals surface area (Å²) < 4.78 is 5.05. The van der Waals surface area contributed by atoms with E-state index in [0.717, 1.165) is 5.56 Å². The maximum absolute atomic E-state index is 13.8. The van der Waals surface area contributed by atoms with Crippen LogP contribution in [0.25, 0.3) is 11.1 Å². The van der Waals surface area contributed by atoms with Crippen LogP contribution in [-0.4, -0.2) is 87.9 Å². The van der Waals surface area contributed by atoms with E-state index in [1.807, 2.05) is 32.9 Å². The normalized spacial score (nSPS) is 15.2. The van der Waals surface area contributed by atoms with Crippen LogP contribution in [0.4, 0.5) is 4.79 Å². The number of hydrogen-bond acceptors (Lipinski definition) is 6. The van der Waals surface area contributed by atoms with Gasteiger partial charge in [-0.05, 0) is 41.3 Å². The maximum atomic E-state index is 13.8. The number of fused-ring (bicyclic) bond motifs is 1. The summed E-state index contributed by atoms with van der Waals surface area (Å²) in [6, 6.07) is 11.1. The van der Waals surface area contributed by atoms with Gasteiger partial charge in [-0.3, -0.25) is 24.4 Å². The van der Waals surface area contributed by atoms with E-state index in [-0.39, 0.29) is 36.5 Å². The Balaban J connectivity index is 1.38. The molecule has 0 unspecified atom stereocenters.